The van der Waals surface area contributed by atoms with Crippen LogP contribution in [0.4, 0.5) is 0 Å². The van der Waals surface area contributed by atoms with E-state index in [2.05, 4.69) is 22.9 Å². The molecule has 0 N–H and O–H groups in total. The number of alkyl halides is 1. The van der Waals surface area contributed by atoms with E-state index >= 15 is 0 Å². The van der Waals surface area contributed by atoms with E-state index in [1.165, 1.54) is 0 Å². The molecule has 0 fully saturated rings. The van der Waals surface area contributed by atoms with Crippen molar-refractivity contribution in [3.8, 4) is 5.75 Å². The first-order chi connectivity index (χ1) is 5.83. The Morgan fingerprint density at radius 1 is 1.33 bits per heavy atom. The summed E-state index contributed by atoms with van der Waals surface area (Å²) in [5, 5.41) is 0. The Hall–Kier alpha value is -0.500. The Bertz CT molecular complexity index is 210. The molecule has 1 unspecified atom stereocenters. The van der Waals surface area contributed by atoms with Crippen LogP contribution < -0.4 is 4.74 Å². The summed E-state index contributed by atoms with van der Waals surface area (Å²) < 4.78 is 5.51. The van der Waals surface area contributed by atoms with Crippen molar-refractivity contribution in [2.75, 3.05) is 6.61 Å². The van der Waals surface area contributed by atoms with Crippen molar-refractivity contribution >= 4 is 15.9 Å². The fraction of sp³-hybridized carbons (Fsp3) is 0.400. The van der Waals surface area contributed by atoms with Crippen LogP contribution in [0, 0.1) is 0 Å². The highest BCUT2D eigenvalue weighted by atomic mass is 79.9. The number of hydrogen-bond donors (Lipinski definition) is 0. The summed E-state index contributed by atoms with van der Waals surface area (Å²) in [6, 6.07) is 9.87. The monoisotopic (exact) mass is 228 g/mol. The lowest BCUT2D eigenvalue weighted by Crippen LogP contribution is -2.09. The predicted molar refractivity (Wildman–Crippen MR) is 54.9 cm³/mol. The Kier molecular flexibility index (Phi) is 4.15. The second-order valence-corrected chi connectivity index (χ2v) is 3.92. The van der Waals surface area contributed by atoms with Gasteiger partial charge in [-0.1, -0.05) is 41.1 Å². The molecule has 0 aromatic heterocycles. The molecule has 1 rings (SSSR count). The maximum atomic E-state index is 5.51. The minimum absolute atomic E-state index is 0.456. The van der Waals surface area contributed by atoms with Crippen LogP contribution in [-0.4, -0.2) is 11.4 Å². The zero-order valence-corrected chi connectivity index (χ0v) is 8.75. The number of hydrogen-bond acceptors (Lipinski definition) is 1. The molecule has 0 amide bonds. The lowest BCUT2D eigenvalue weighted by Gasteiger charge is -2.08. The molecular weight excluding hydrogens is 216 g/mol. The Morgan fingerprint density at radius 3 is 2.58 bits per heavy atom. The highest BCUT2D eigenvalue weighted by Gasteiger charge is 2.00. The predicted octanol–water partition coefficient (Wildman–Crippen LogP) is 3.24. The van der Waals surface area contributed by atoms with E-state index in [9.17, 15) is 0 Å². The zero-order chi connectivity index (χ0) is 8.81. The molecule has 0 saturated carbocycles. The first-order valence-electron chi connectivity index (χ1n) is 4.15. The van der Waals surface area contributed by atoms with E-state index in [1.54, 1.807) is 0 Å². The van der Waals surface area contributed by atoms with Crippen molar-refractivity contribution < 1.29 is 4.74 Å². The molecule has 0 aliphatic rings. The highest BCUT2D eigenvalue weighted by Crippen LogP contribution is 2.11. The van der Waals surface area contributed by atoms with Gasteiger partial charge in [-0.25, -0.2) is 0 Å². The molecule has 1 atom stereocenters. The first kappa shape index (κ1) is 9.59. The van der Waals surface area contributed by atoms with Gasteiger partial charge in [-0.05, 0) is 18.6 Å². The number of halogens is 1. The molecule has 0 heterocycles. The van der Waals surface area contributed by atoms with Crippen molar-refractivity contribution in [2.24, 2.45) is 0 Å². The van der Waals surface area contributed by atoms with E-state index in [0.29, 0.717) is 4.83 Å². The number of ether oxygens (including phenoxy) is 1. The van der Waals surface area contributed by atoms with Gasteiger partial charge in [-0.15, -0.1) is 0 Å². The van der Waals surface area contributed by atoms with Crippen LogP contribution in [0.1, 0.15) is 13.3 Å². The molecule has 66 valence electrons. The average Bonchev–Trinajstić information content (AvgIpc) is 2.16. The largest absolute Gasteiger partial charge is 0.492 e. The Labute approximate surface area is 81.9 Å². The summed E-state index contributed by atoms with van der Waals surface area (Å²) in [5.41, 5.74) is 0. The molecular formula is C10H13BrO. The van der Waals surface area contributed by atoms with Crippen LogP contribution in [0.5, 0.6) is 5.75 Å². The van der Waals surface area contributed by atoms with Gasteiger partial charge in [-0.3, -0.25) is 0 Å². The normalized spacial score (nSPS) is 12.5. The minimum atomic E-state index is 0.456. The van der Waals surface area contributed by atoms with Gasteiger partial charge in [0.2, 0.25) is 0 Å². The molecule has 0 bridgehead atoms. The fourth-order valence-corrected chi connectivity index (χ4v) is 0.953. The second-order valence-electron chi connectivity index (χ2n) is 2.63. The average molecular weight is 229 g/mol. The van der Waals surface area contributed by atoms with Gasteiger partial charge in [0.1, 0.15) is 12.4 Å². The van der Waals surface area contributed by atoms with Gasteiger partial charge >= 0.3 is 0 Å². The third-order valence-corrected chi connectivity index (χ3v) is 2.53. The molecule has 1 nitrogen and oxygen atoms in total. The zero-order valence-electron chi connectivity index (χ0n) is 7.16. The van der Waals surface area contributed by atoms with Crippen LogP contribution in [0.15, 0.2) is 30.3 Å². The standard InChI is InChI=1S/C10H13BrO/c1-2-9(11)8-12-10-6-4-3-5-7-10/h3-7,9H,2,8H2,1H3. The first-order valence-corrected chi connectivity index (χ1v) is 5.06. The third kappa shape index (κ3) is 3.26. The van der Waals surface area contributed by atoms with E-state index in [1.807, 2.05) is 30.3 Å². The van der Waals surface area contributed by atoms with Crippen LogP contribution in [0.2, 0.25) is 0 Å². The minimum Gasteiger partial charge on any atom is -0.492 e. The van der Waals surface area contributed by atoms with E-state index in [0.717, 1.165) is 18.8 Å². The molecule has 0 radical (unpaired) electrons. The number of rotatable bonds is 4. The lowest BCUT2D eigenvalue weighted by molar-refractivity contribution is 0.317. The number of para-hydroxylation sites is 1. The molecule has 12 heavy (non-hydrogen) atoms. The molecule has 0 spiro atoms. The molecule has 1 aromatic carbocycles. The molecule has 2 heteroatoms. The van der Waals surface area contributed by atoms with Gasteiger partial charge in [0.15, 0.2) is 0 Å². The van der Waals surface area contributed by atoms with Gasteiger partial charge < -0.3 is 4.74 Å². The van der Waals surface area contributed by atoms with E-state index < -0.39 is 0 Å². The van der Waals surface area contributed by atoms with Gasteiger partial charge in [0, 0.05) is 4.83 Å². The fourth-order valence-electron chi connectivity index (χ4n) is 0.821. The summed E-state index contributed by atoms with van der Waals surface area (Å²) >= 11 is 3.51. The lowest BCUT2D eigenvalue weighted by atomic mass is 10.3. The highest BCUT2D eigenvalue weighted by molar-refractivity contribution is 9.09. The van der Waals surface area contributed by atoms with Crippen LogP contribution in [0.3, 0.4) is 0 Å². The van der Waals surface area contributed by atoms with Crippen molar-refractivity contribution in [3.05, 3.63) is 30.3 Å². The van der Waals surface area contributed by atoms with E-state index in [4.69, 9.17) is 4.74 Å². The number of benzene rings is 1. The summed E-state index contributed by atoms with van der Waals surface area (Å²) in [5.74, 6) is 0.940. The van der Waals surface area contributed by atoms with Crippen LogP contribution >= 0.6 is 15.9 Å². The maximum absolute atomic E-state index is 5.51. The van der Waals surface area contributed by atoms with Crippen LogP contribution in [-0.2, 0) is 0 Å². The van der Waals surface area contributed by atoms with Gasteiger partial charge in [-0.2, -0.15) is 0 Å². The van der Waals surface area contributed by atoms with Gasteiger partial charge in [0.05, 0.1) is 0 Å². The second kappa shape index (κ2) is 5.20. The quantitative estimate of drug-likeness (QED) is 0.720. The molecule has 0 saturated heterocycles. The van der Waals surface area contributed by atoms with Crippen molar-refractivity contribution in [1.29, 1.82) is 0 Å². The summed E-state index contributed by atoms with van der Waals surface area (Å²) in [6.45, 7) is 2.87. The smallest absolute Gasteiger partial charge is 0.119 e. The molecule has 0 aliphatic heterocycles. The van der Waals surface area contributed by atoms with Crippen molar-refractivity contribution in [3.63, 3.8) is 0 Å². The SMILES string of the molecule is CCC(Br)COc1ccccc1. The van der Waals surface area contributed by atoms with Crippen LogP contribution in [0.25, 0.3) is 0 Å². The summed E-state index contributed by atoms with van der Waals surface area (Å²) in [6.07, 6.45) is 1.09. The summed E-state index contributed by atoms with van der Waals surface area (Å²) in [4.78, 5) is 0.456. The third-order valence-electron chi connectivity index (χ3n) is 1.62. The Balaban J connectivity index is 2.33. The topological polar surface area (TPSA) is 9.23 Å². The van der Waals surface area contributed by atoms with Crippen molar-refractivity contribution in [2.45, 2.75) is 18.2 Å². The van der Waals surface area contributed by atoms with Gasteiger partial charge in [0.25, 0.3) is 0 Å². The molecule has 1 aromatic rings. The van der Waals surface area contributed by atoms with Crippen molar-refractivity contribution in [1.82, 2.24) is 0 Å². The van der Waals surface area contributed by atoms with E-state index in [-0.39, 0.29) is 0 Å². The maximum Gasteiger partial charge on any atom is 0.119 e. The summed E-state index contributed by atoms with van der Waals surface area (Å²) in [7, 11) is 0. The molecule has 0 aliphatic carbocycles. The Morgan fingerprint density at radius 2 is 2.00 bits per heavy atom.